The van der Waals surface area contributed by atoms with Crippen molar-refractivity contribution in [1.29, 1.82) is 0 Å². The molecule has 4 rings (SSSR count). The number of halogens is 1. The van der Waals surface area contributed by atoms with Gasteiger partial charge in [0.15, 0.2) is 5.16 Å². The molecule has 144 valence electrons. The van der Waals surface area contributed by atoms with Crippen LogP contribution in [0.5, 0.6) is 0 Å². The van der Waals surface area contributed by atoms with Crippen LogP contribution in [0.25, 0.3) is 0 Å². The average Bonchev–Trinajstić information content (AvgIpc) is 3.30. The molecule has 28 heavy (non-hydrogen) atoms. The summed E-state index contributed by atoms with van der Waals surface area (Å²) >= 11 is 4.96. The van der Waals surface area contributed by atoms with Crippen LogP contribution < -0.4 is 4.90 Å². The molecule has 1 amide bonds. The fourth-order valence-electron chi connectivity index (χ4n) is 3.49. The molecule has 0 N–H and O–H groups in total. The Morgan fingerprint density at radius 3 is 2.79 bits per heavy atom. The van der Waals surface area contributed by atoms with Crippen LogP contribution in [-0.4, -0.2) is 33.0 Å². The highest BCUT2D eigenvalue weighted by Crippen LogP contribution is 2.31. The molecular formula is C21H21BrN4OS. The van der Waals surface area contributed by atoms with Gasteiger partial charge in [-0.3, -0.25) is 4.79 Å². The quantitative estimate of drug-likeness (QED) is 0.517. The first-order valence-electron chi connectivity index (χ1n) is 9.33. The molecule has 0 atom stereocenters. The van der Waals surface area contributed by atoms with Gasteiger partial charge in [0.1, 0.15) is 5.82 Å². The number of aromatic nitrogens is 3. The third-order valence-electron chi connectivity index (χ3n) is 4.88. The lowest BCUT2D eigenvalue weighted by Crippen LogP contribution is -2.30. The van der Waals surface area contributed by atoms with Gasteiger partial charge >= 0.3 is 0 Å². The lowest BCUT2D eigenvalue weighted by molar-refractivity contribution is -0.116. The van der Waals surface area contributed by atoms with Crippen molar-refractivity contribution in [2.75, 3.05) is 17.2 Å². The van der Waals surface area contributed by atoms with E-state index in [2.05, 4.69) is 55.8 Å². The molecule has 7 heteroatoms. The van der Waals surface area contributed by atoms with Crippen LogP contribution in [0, 0.1) is 0 Å². The van der Waals surface area contributed by atoms with Crippen molar-refractivity contribution in [3.63, 3.8) is 0 Å². The number of hydrogen-bond acceptors (Lipinski definition) is 4. The average molecular weight is 457 g/mol. The molecule has 5 nitrogen and oxygen atoms in total. The minimum Gasteiger partial charge on any atom is -0.311 e. The van der Waals surface area contributed by atoms with Crippen LogP contribution in [0.15, 0.2) is 58.2 Å². The predicted octanol–water partition coefficient (Wildman–Crippen LogP) is 4.33. The highest BCUT2D eigenvalue weighted by Gasteiger charge is 2.25. The van der Waals surface area contributed by atoms with Gasteiger partial charge in [0.05, 0.1) is 5.75 Å². The van der Waals surface area contributed by atoms with Crippen LogP contribution in [0.1, 0.15) is 23.9 Å². The molecule has 3 aromatic rings. The maximum absolute atomic E-state index is 12.8. The summed E-state index contributed by atoms with van der Waals surface area (Å²) in [6.45, 7) is 3.61. The van der Waals surface area contributed by atoms with Crippen molar-refractivity contribution in [2.45, 2.75) is 31.5 Å². The fraction of sp³-hybridized carbons (Fsp3) is 0.286. The van der Waals surface area contributed by atoms with Crippen LogP contribution in [-0.2, 0) is 24.2 Å². The van der Waals surface area contributed by atoms with Gasteiger partial charge in [0, 0.05) is 29.7 Å². The number of rotatable bonds is 6. The molecule has 0 radical (unpaired) electrons. The fourth-order valence-corrected chi connectivity index (χ4v) is 4.79. The Bertz CT molecular complexity index is 989. The van der Waals surface area contributed by atoms with Crippen molar-refractivity contribution >= 4 is 39.3 Å². The molecule has 0 bridgehead atoms. The van der Waals surface area contributed by atoms with Gasteiger partial charge in [0.2, 0.25) is 5.91 Å². The zero-order chi connectivity index (χ0) is 19.5. The zero-order valence-corrected chi connectivity index (χ0v) is 18.0. The molecule has 1 aromatic heterocycles. The first-order valence-corrected chi connectivity index (χ1v) is 11.1. The lowest BCUT2D eigenvalue weighted by atomic mass is 10.1. The summed E-state index contributed by atoms with van der Waals surface area (Å²) in [5.41, 5.74) is 3.45. The Labute approximate surface area is 177 Å². The molecule has 2 heterocycles. The van der Waals surface area contributed by atoms with E-state index in [1.165, 1.54) is 22.9 Å². The van der Waals surface area contributed by atoms with E-state index in [1.807, 2.05) is 35.2 Å². The smallest absolute Gasteiger partial charge is 0.237 e. The lowest BCUT2D eigenvalue weighted by Gasteiger charge is -2.17. The Balaban J connectivity index is 1.44. The third kappa shape index (κ3) is 4.00. The molecule has 0 unspecified atom stereocenters. The maximum Gasteiger partial charge on any atom is 0.237 e. The van der Waals surface area contributed by atoms with Crippen molar-refractivity contribution in [1.82, 2.24) is 14.8 Å². The van der Waals surface area contributed by atoms with Gasteiger partial charge in [-0.05, 0) is 42.7 Å². The molecule has 0 fully saturated rings. The van der Waals surface area contributed by atoms with E-state index in [4.69, 9.17) is 0 Å². The molecular weight excluding hydrogens is 436 g/mol. The van der Waals surface area contributed by atoms with Gasteiger partial charge in [-0.2, -0.15) is 0 Å². The molecule has 0 saturated heterocycles. The highest BCUT2D eigenvalue weighted by atomic mass is 79.9. The topological polar surface area (TPSA) is 51.0 Å². The van der Waals surface area contributed by atoms with Gasteiger partial charge in [-0.1, -0.05) is 58.0 Å². The van der Waals surface area contributed by atoms with E-state index in [-0.39, 0.29) is 5.91 Å². The number of benzene rings is 2. The van der Waals surface area contributed by atoms with E-state index < -0.39 is 0 Å². The molecule has 0 spiro atoms. The van der Waals surface area contributed by atoms with Gasteiger partial charge < -0.3 is 9.47 Å². The van der Waals surface area contributed by atoms with Crippen molar-refractivity contribution < 1.29 is 4.79 Å². The summed E-state index contributed by atoms with van der Waals surface area (Å²) in [4.78, 5) is 14.7. The number of thioether (sulfide) groups is 1. The number of carbonyl (C=O) groups is 1. The minimum absolute atomic E-state index is 0.112. The zero-order valence-electron chi connectivity index (χ0n) is 15.6. The first-order chi connectivity index (χ1) is 13.7. The summed E-state index contributed by atoms with van der Waals surface area (Å²) < 4.78 is 3.15. The number of nitrogens with zero attached hydrogens (tertiary/aromatic N) is 4. The molecule has 1 aliphatic rings. The van der Waals surface area contributed by atoms with E-state index in [9.17, 15) is 4.79 Å². The summed E-state index contributed by atoms with van der Waals surface area (Å²) in [7, 11) is 0. The SMILES string of the molecule is CCn1c(Cc2ccccc2)nnc1SCC(=O)N1CCc2cc(Br)ccc21. The number of hydrogen-bond donors (Lipinski definition) is 0. The Hall–Kier alpha value is -2.12. The highest BCUT2D eigenvalue weighted by molar-refractivity contribution is 9.10. The first kappa shape index (κ1) is 19.2. The van der Waals surface area contributed by atoms with E-state index in [0.717, 1.165) is 47.1 Å². The van der Waals surface area contributed by atoms with Crippen molar-refractivity contribution in [3.8, 4) is 0 Å². The Morgan fingerprint density at radius 2 is 2.00 bits per heavy atom. The van der Waals surface area contributed by atoms with Crippen molar-refractivity contribution in [2.24, 2.45) is 0 Å². The standard InChI is InChI=1S/C21H21BrN4OS/c1-2-25-19(12-15-6-4-3-5-7-15)23-24-21(25)28-14-20(27)26-11-10-16-13-17(22)8-9-18(16)26/h3-9,13H,2,10-12,14H2,1H3. The van der Waals surface area contributed by atoms with Crippen LogP contribution in [0.3, 0.4) is 0 Å². The summed E-state index contributed by atoms with van der Waals surface area (Å²) in [5, 5.41) is 9.50. The summed E-state index contributed by atoms with van der Waals surface area (Å²) in [5.74, 6) is 1.40. The maximum atomic E-state index is 12.8. The summed E-state index contributed by atoms with van der Waals surface area (Å²) in [6, 6.07) is 16.4. The predicted molar refractivity (Wildman–Crippen MR) is 116 cm³/mol. The van der Waals surface area contributed by atoms with E-state index in [0.29, 0.717) is 5.75 Å². The molecule has 2 aromatic carbocycles. The van der Waals surface area contributed by atoms with Gasteiger partial charge in [-0.25, -0.2) is 0 Å². The Kier molecular flexibility index (Phi) is 5.82. The van der Waals surface area contributed by atoms with Crippen LogP contribution in [0.4, 0.5) is 5.69 Å². The monoisotopic (exact) mass is 456 g/mol. The summed E-state index contributed by atoms with van der Waals surface area (Å²) in [6.07, 6.45) is 1.64. The van der Waals surface area contributed by atoms with Crippen LogP contribution >= 0.6 is 27.7 Å². The number of anilines is 1. The number of carbonyl (C=O) groups excluding carboxylic acids is 1. The normalized spacial score (nSPS) is 13.0. The van der Waals surface area contributed by atoms with Crippen LogP contribution in [0.2, 0.25) is 0 Å². The minimum atomic E-state index is 0.112. The number of amides is 1. The second-order valence-electron chi connectivity index (χ2n) is 6.66. The van der Waals surface area contributed by atoms with E-state index >= 15 is 0 Å². The second kappa shape index (κ2) is 8.49. The Morgan fingerprint density at radius 1 is 1.18 bits per heavy atom. The van der Waals surface area contributed by atoms with E-state index in [1.54, 1.807) is 0 Å². The number of fused-ring (bicyclic) bond motifs is 1. The van der Waals surface area contributed by atoms with Gasteiger partial charge in [-0.15, -0.1) is 10.2 Å². The second-order valence-corrected chi connectivity index (χ2v) is 8.52. The molecule has 0 aliphatic carbocycles. The van der Waals surface area contributed by atoms with Crippen molar-refractivity contribution in [3.05, 3.63) is 70.0 Å². The molecule has 0 saturated carbocycles. The van der Waals surface area contributed by atoms with Gasteiger partial charge in [0.25, 0.3) is 0 Å². The third-order valence-corrected chi connectivity index (χ3v) is 6.32. The largest absolute Gasteiger partial charge is 0.311 e. The molecule has 1 aliphatic heterocycles.